The van der Waals surface area contributed by atoms with Gasteiger partial charge in [-0.05, 0) is 26.7 Å². The first kappa shape index (κ1) is 13.5. The van der Waals surface area contributed by atoms with E-state index in [0.29, 0.717) is 19.6 Å². The molecule has 0 aliphatic carbocycles. The SMILES string of the molecule is CCN(CC)C(=O)CN1CCCC(Br)C1=O. The lowest BCUT2D eigenvalue weighted by Gasteiger charge is -2.31. The first-order valence-corrected chi connectivity index (χ1v) is 6.72. The third kappa shape index (κ3) is 3.20. The summed E-state index contributed by atoms with van der Waals surface area (Å²) >= 11 is 3.34. The van der Waals surface area contributed by atoms with E-state index >= 15 is 0 Å². The summed E-state index contributed by atoms with van der Waals surface area (Å²) in [4.78, 5) is 26.9. The molecule has 0 radical (unpaired) electrons. The number of piperidine rings is 1. The van der Waals surface area contributed by atoms with Gasteiger partial charge in [0, 0.05) is 19.6 Å². The van der Waals surface area contributed by atoms with Crippen molar-refractivity contribution in [3.63, 3.8) is 0 Å². The van der Waals surface area contributed by atoms with Gasteiger partial charge in [-0.3, -0.25) is 9.59 Å². The van der Waals surface area contributed by atoms with E-state index in [4.69, 9.17) is 0 Å². The third-order valence-corrected chi connectivity index (χ3v) is 3.76. The number of hydrogen-bond donors (Lipinski definition) is 0. The van der Waals surface area contributed by atoms with Crippen LogP contribution in [0.3, 0.4) is 0 Å². The lowest BCUT2D eigenvalue weighted by molar-refractivity contribution is -0.141. The molecule has 0 aromatic carbocycles. The summed E-state index contributed by atoms with van der Waals surface area (Å²) in [6.45, 7) is 6.24. The Kier molecular flexibility index (Phi) is 5.25. The molecular weight excluding hydrogens is 272 g/mol. The molecule has 2 amide bonds. The first-order chi connectivity index (χ1) is 7.60. The number of halogens is 1. The van der Waals surface area contributed by atoms with Gasteiger partial charge >= 0.3 is 0 Å². The summed E-state index contributed by atoms with van der Waals surface area (Å²) in [5, 5.41) is 0. The summed E-state index contributed by atoms with van der Waals surface area (Å²) in [7, 11) is 0. The maximum Gasteiger partial charge on any atom is 0.242 e. The Labute approximate surface area is 105 Å². The van der Waals surface area contributed by atoms with E-state index in [-0.39, 0.29) is 23.2 Å². The highest BCUT2D eigenvalue weighted by Gasteiger charge is 2.28. The Hall–Kier alpha value is -0.580. The molecule has 0 spiro atoms. The fourth-order valence-corrected chi connectivity index (χ4v) is 2.50. The van der Waals surface area contributed by atoms with Gasteiger partial charge in [0.1, 0.15) is 0 Å². The van der Waals surface area contributed by atoms with Crippen LogP contribution in [-0.4, -0.2) is 52.6 Å². The van der Waals surface area contributed by atoms with Crippen molar-refractivity contribution < 1.29 is 9.59 Å². The topological polar surface area (TPSA) is 40.6 Å². The summed E-state index contributed by atoms with van der Waals surface area (Å²) in [5.41, 5.74) is 0. The van der Waals surface area contributed by atoms with Crippen LogP contribution in [0.2, 0.25) is 0 Å². The molecule has 1 heterocycles. The van der Waals surface area contributed by atoms with Gasteiger partial charge < -0.3 is 9.80 Å². The van der Waals surface area contributed by atoms with Crippen LogP contribution >= 0.6 is 15.9 Å². The van der Waals surface area contributed by atoms with Gasteiger partial charge in [-0.2, -0.15) is 0 Å². The van der Waals surface area contributed by atoms with E-state index in [9.17, 15) is 9.59 Å². The van der Waals surface area contributed by atoms with Crippen LogP contribution in [0, 0.1) is 0 Å². The van der Waals surface area contributed by atoms with Crippen LogP contribution in [0.1, 0.15) is 26.7 Å². The van der Waals surface area contributed by atoms with Crippen molar-refractivity contribution in [2.45, 2.75) is 31.5 Å². The molecule has 5 heteroatoms. The standard InChI is InChI=1S/C11H19BrN2O2/c1-3-13(4-2)10(15)8-14-7-5-6-9(12)11(14)16/h9H,3-8H2,1-2H3. The number of carbonyl (C=O) groups is 2. The van der Waals surface area contributed by atoms with Gasteiger partial charge in [-0.1, -0.05) is 15.9 Å². The molecule has 1 aliphatic heterocycles. The number of likely N-dealkylation sites (N-methyl/N-ethyl adjacent to an activating group) is 1. The van der Waals surface area contributed by atoms with Crippen LogP contribution in [0.4, 0.5) is 0 Å². The molecular formula is C11H19BrN2O2. The Morgan fingerprint density at radius 2 is 2.12 bits per heavy atom. The number of rotatable bonds is 4. The zero-order valence-corrected chi connectivity index (χ0v) is 11.5. The molecule has 1 fully saturated rings. The van der Waals surface area contributed by atoms with Crippen molar-refractivity contribution in [3.8, 4) is 0 Å². The maximum atomic E-state index is 11.8. The molecule has 92 valence electrons. The Bertz CT molecular complexity index is 267. The van der Waals surface area contributed by atoms with Crippen molar-refractivity contribution in [2.24, 2.45) is 0 Å². The number of amides is 2. The van der Waals surface area contributed by atoms with Crippen molar-refractivity contribution >= 4 is 27.7 Å². The van der Waals surface area contributed by atoms with Crippen molar-refractivity contribution in [3.05, 3.63) is 0 Å². The second-order valence-electron chi connectivity index (χ2n) is 3.94. The average molecular weight is 291 g/mol. The van der Waals surface area contributed by atoms with E-state index in [1.54, 1.807) is 9.80 Å². The molecule has 1 unspecified atom stereocenters. The number of likely N-dealkylation sites (tertiary alicyclic amines) is 1. The fraction of sp³-hybridized carbons (Fsp3) is 0.818. The highest BCUT2D eigenvalue weighted by Crippen LogP contribution is 2.18. The highest BCUT2D eigenvalue weighted by molar-refractivity contribution is 9.10. The highest BCUT2D eigenvalue weighted by atomic mass is 79.9. The van der Waals surface area contributed by atoms with Crippen molar-refractivity contribution in [2.75, 3.05) is 26.2 Å². The van der Waals surface area contributed by atoms with E-state index in [2.05, 4.69) is 15.9 Å². The van der Waals surface area contributed by atoms with Gasteiger partial charge in [-0.15, -0.1) is 0 Å². The minimum atomic E-state index is -0.106. The molecule has 0 N–H and O–H groups in total. The number of carbonyl (C=O) groups excluding carboxylic acids is 2. The van der Waals surface area contributed by atoms with Crippen molar-refractivity contribution in [1.29, 1.82) is 0 Å². The molecule has 1 atom stereocenters. The lowest BCUT2D eigenvalue weighted by atomic mass is 10.1. The predicted octanol–water partition coefficient (Wildman–Crippen LogP) is 1.24. The monoisotopic (exact) mass is 290 g/mol. The molecule has 4 nitrogen and oxygen atoms in total. The molecule has 0 saturated carbocycles. The number of alkyl halides is 1. The second kappa shape index (κ2) is 6.23. The minimum absolute atomic E-state index is 0.0416. The van der Waals surface area contributed by atoms with Gasteiger partial charge in [0.15, 0.2) is 0 Å². The van der Waals surface area contributed by atoms with Gasteiger partial charge in [0.2, 0.25) is 11.8 Å². The first-order valence-electron chi connectivity index (χ1n) is 5.80. The fourth-order valence-electron chi connectivity index (χ4n) is 1.89. The molecule has 1 rings (SSSR count). The van der Waals surface area contributed by atoms with Crippen molar-refractivity contribution in [1.82, 2.24) is 9.80 Å². The largest absolute Gasteiger partial charge is 0.342 e. The summed E-state index contributed by atoms with van der Waals surface area (Å²) in [5.74, 6) is 0.0895. The summed E-state index contributed by atoms with van der Waals surface area (Å²) in [6, 6.07) is 0. The van der Waals surface area contributed by atoms with Gasteiger partial charge in [-0.25, -0.2) is 0 Å². The average Bonchev–Trinajstić information content (AvgIpc) is 2.26. The van der Waals surface area contributed by atoms with E-state index in [0.717, 1.165) is 12.8 Å². The van der Waals surface area contributed by atoms with E-state index < -0.39 is 0 Å². The van der Waals surface area contributed by atoms with Gasteiger partial charge in [0.25, 0.3) is 0 Å². The maximum absolute atomic E-state index is 11.8. The predicted molar refractivity (Wildman–Crippen MR) is 66.5 cm³/mol. The van der Waals surface area contributed by atoms with Gasteiger partial charge in [0.05, 0.1) is 11.4 Å². The van der Waals surface area contributed by atoms with Crippen LogP contribution < -0.4 is 0 Å². The van der Waals surface area contributed by atoms with Crippen LogP contribution in [-0.2, 0) is 9.59 Å². The van der Waals surface area contributed by atoms with Crippen LogP contribution in [0.15, 0.2) is 0 Å². The van der Waals surface area contributed by atoms with Crippen LogP contribution in [0.25, 0.3) is 0 Å². The lowest BCUT2D eigenvalue weighted by Crippen LogP contribution is -2.47. The molecule has 0 bridgehead atoms. The zero-order chi connectivity index (χ0) is 12.1. The molecule has 16 heavy (non-hydrogen) atoms. The molecule has 0 aromatic heterocycles. The molecule has 1 aliphatic rings. The third-order valence-electron chi connectivity index (χ3n) is 2.91. The van der Waals surface area contributed by atoms with E-state index in [1.807, 2.05) is 13.8 Å². The van der Waals surface area contributed by atoms with E-state index in [1.165, 1.54) is 0 Å². The summed E-state index contributed by atoms with van der Waals surface area (Å²) < 4.78 is 0. The summed E-state index contributed by atoms with van der Waals surface area (Å²) in [6.07, 6.45) is 1.84. The Morgan fingerprint density at radius 1 is 1.50 bits per heavy atom. The van der Waals surface area contributed by atoms with Crippen LogP contribution in [0.5, 0.6) is 0 Å². The normalized spacial score (nSPS) is 21.1. The second-order valence-corrected chi connectivity index (χ2v) is 5.04. The quantitative estimate of drug-likeness (QED) is 0.731. The molecule has 0 aromatic rings. The smallest absolute Gasteiger partial charge is 0.242 e. The number of nitrogens with zero attached hydrogens (tertiary/aromatic N) is 2. The Balaban J connectivity index is 2.52. The minimum Gasteiger partial charge on any atom is -0.342 e. The Morgan fingerprint density at radius 3 is 2.69 bits per heavy atom. The number of hydrogen-bond acceptors (Lipinski definition) is 2. The zero-order valence-electron chi connectivity index (χ0n) is 9.91. The molecule has 1 saturated heterocycles.